The third-order valence-corrected chi connectivity index (χ3v) is 5.88. The quantitative estimate of drug-likeness (QED) is 0.342. The van der Waals surface area contributed by atoms with Gasteiger partial charge in [0, 0.05) is 17.8 Å². The van der Waals surface area contributed by atoms with E-state index in [1.54, 1.807) is 30.3 Å². The van der Waals surface area contributed by atoms with Crippen molar-refractivity contribution in [3.8, 4) is 0 Å². The number of nitrogens with zero attached hydrogens (tertiary/aromatic N) is 2. The molecule has 4 rings (SSSR count). The SMILES string of the molecule is O=C1C=C(c2ccccc2)N(c2ccccc2)C(=O)C1Sc1ccccc1[N+](=O)[O-]. The van der Waals surface area contributed by atoms with Crippen LogP contribution in [-0.2, 0) is 9.59 Å². The zero-order chi connectivity index (χ0) is 21.1. The van der Waals surface area contributed by atoms with Crippen LogP contribution in [0.15, 0.2) is 95.9 Å². The lowest BCUT2D eigenvalue weighted by molar-refractivity contribution is -0.387. The molecule has 1 aliphatic heterocycles. The number of anilines is 1. The standard InChI is InChI=1S/C23H16N2O4S/c26-20-15-19(16-9-3-1-4-10-16)24(17-11-5-2-6-12-17)23(27)22(20)30-21-14-8-7-13-18(21)25(28)29/h1-15,22H. The molecule has 1 heterocycles. The van der Waals surface area contributed by atoms with Gasteiger partial charge in [-0.3, -0.25) is 24.6 Å². The van der Waals surface area contributed by atoms with Gasteiger partial charge in [0.05, 0.1) is 15.5 Å². The first-order chi connectivity index (χ1) is 14.6. The molecule has 6 nitrogen and oxygen atoms in total. The van der Waals surface area contributed by atoms with E-state index in [0.29, 0.717) is 11.4 Å². The third-order valence-electron chi connectivity index (χ3n) is 4.61. The number of hydrogen-bond donors (Lipinski definition) is 0. The second-order valence-electron chi connectivity index (χ2n) is 6.53. The Labute approximate surface area is 177 Å². The van der Waals surface area contributed by atoms with Gasteiger partial charge in [-0.1, -0.05) is 72.4 Å². The highest BCUT2D eigenvalue weighted by Crippen LogP contribution is 2.38. The molecule has 1 amide bonds. The van der Waals surface area contributed by atoms with Crippen molar-refractivity contribution in [1.82, 2.24) is 0 Å². The molecule has 0 saturated heterocycles. The molecule has 0 fully saturated rings. The summed E-state index contributed by atoms with van der Waals surface area (Å²) in [6, 6.07) is 24.3. The van der Waals surface area contributed by atoms with Gasteiger partial charge in [0.25, 0.3) is 11.6 Å². The Kier molecular flexibility index (Phi) is 5.45. The van der Waals surface area contributed by atoms with E-state index in [2.05, 4.69) is 0 Å². The summed E-state index contributed by atoms with van der Waals surface area (Å²) in [6.07, 6.45) is 1.44. The predicted molar refractivity (Wildman–Crippen MR) is 116 cm³/mol. The van der Waals surface area contributed by atoms with Crippen LogP contribution in [0.2, 0.25) is 0 Å². The molecule has 0 aromatic heterocycles. The molecule has 7 heteroatoms. The first-order valence-electron chi connectivity index (χ1n) is 9.16. The molecule has 0 spiro atoms. The monoisotopic (exact) mass is 416 g/mol. The average molecular weight is 416 g/mol. The lowest BCUT2D eigenvalue weighted by atomic mass is 10.0. The first-order valence-corrected chi connectivity index (χ1v) is 10.0. The van der Waals surface area contributed by atoms with Crippen LogP contribution in [0.3, 0.4) is 0 Å². The molecule has 30 heavy (non-hydrogen) atoms. The number of nitro groups is 1. The second kappa shape index (κ2) is 8.34. The molecule has 1 aliphatic rings. The van der Waals surface area contributed by atoms with E-state index in [1.165, 1.54) is 17.0 Å². The third kappa shape index (κ3) is 3.75. The van der Waals surface area contributed by atoms with E-state index in [4.69, 9.17) is 0 Å². The number of ketones is 1. The highest BCUT2D eigenvalue weighted by molar-refractivity contribution is 8.01. The lowest BCUT2D eigenvalue weighted by Gasteiger charge is -2.32. The van der Waals surface area contributed by atoms with Crippen molar-refractivity contribution in [2.45, 2.75) is 10.1 Å². The Morgan fingerprint density at radius 1 is 0.833 bits per heavy atom. The fraction of sp³-hybridized carbons (Fsp3) is 0.0435. The van der Waals surface area contributed by atoms with Crippen molar-refractivity contribution >= 4 is 40.5 Å². The highest BCUT2D eigenvalue weighted by Gasteiger charge is 2.39. The van der Waals surface area contributed by atoms with Crippen molar-refractivity contribution in [2.24, 2.45) is 0 Å². The summed E-state index contributed by atoms with van der Waals surface area (Å²) in [5, 5.41) is 10.2. The number of carbonyl (C=O) groups is 2. The molecule has 0 bridgehead atoms. The van der Waals surface area contributed by atoms with Gasteiger partial charge in [-0.25, -0.2) is 0 Å². The molecule has 3 aromatic carbocycles. The van der Waals surface area contributed by atoms with E-state index in [9.17, 15) is 19.7 Å². The van der Waals surface area contributed by atoms with Gasteiger partial charge in [-0.05, 0) is 23.8 Å². The summed E-state index contributed by atoms with van der Waals surface area (Å²) in [5.74, 6) is -0.829. The minimum absolute atomic E-state index is 0.132. The number of rotatable bonds is 5. The number of allylic oxidation sites excluding steroid dienone is 1. The number of amides is 1. The van der Waals surface area contributed by atoms with Crippen LogP contribution >= 0.6 is 11.8 Å². The highest BCUT2D eigenvalue weighted by atomic mass is 32.2. The Morgan fingerprint density at radius 2 is 1.43 bits per heavy atom. The smallest absolute Gasteiger partial charge is 0.282 e. The van der Waals surface area contributed by atoms with Crippen molar-refractivity contribution < 1.29 is 14.5 Å². The van der Waals surface area contributed by atoms with Crippen LogP contribution in [0.25, 0.3) is 5.70 Å². The van der Waals surface area contributed by atoms with Crippen LogP contribution in [0.5, 0.6) is 0 Å². The van der Waals surface area contributed by atoms with Crippen molar-refractivity contribution in [1.29, 1.82) is 0 Å². The van der Waals surface area contributed by atoms with Crippen molar-refractivity contribution in [2.75, 3.05) is 4.90 Å². The van der Waals surface area contributed by atoms with Crippen molar-refractivity contribution in [3.63, 3.8) is 0 Å². The van der Waals surface area contributed by atoms with Gasteiger partial charge in [-0.15, -0.1) is 0 Å². The van der Waals surface area contributed by atoms with Gasteiger partial charge in [0.2, 0.25) is 0 Å². The molecule has 0 saturated carbocycles. The van der Waals surface area contributed by atoms with Gasteiger partial charge in [0.15, 0.2) is 11.0 Å². The maximum atomic E-state index is 13.5. The lowest BCUT2D eigenvalue weighted by Crippen LogP contribution is -2.44. The molecule has 1 atom stereocenters. The maximum absolute atomic E-state index is 13.5. The second-order valence-corrected chi connectivity index (χ2v) is 7.68. The minimum atomic E-state index is -1.11. The summed E-state index contributed by atoms with van der Waals surface area (Å²) in [7, 11) is 0. The van der Waals surface area contributed by atoms with E-state index in [1.807, 2.05) is 48.5 Å². The predicted octanol–water partition coefficient (Wildman–Crippen LogP) is 4.71. The Hall–Kier alpha value is -3.71. The van der Waals surface area contributed by atoms with E-state index in [-0.39, 0.29) is 10.6 Å². The summed E-state index contributed by atoms with van der Waals surface area (Å²) in [5.41, 5.74) is 1.71. The summed E-state index contributed by atoms with van der Waals surface area (Å²) < 4.78 is 0. The summed E-state index contributed by atoms with van der Waals surface area (Å²) >= 11 is 0.904. The number of benzene rings is 3. The van der Waals surface area contributed by atoms with Crippen molar-refractivity contribution in [3.05, 3.63) is 107 Å². The summed E-state index contributed by atoms with van der Waals surface area (Å²) in [6.45, 7) is 0. The van der Waals surface area contributed by atoms with E-state index >= 15 is 0 Å². The molecule has 148 valence electrons. The van der Waals surface area contributed by atoms with Gasteiger partial charge in [-0.2, -0.15) is 0 Å². The maximum Gasteiger partial charge on any atom is 0.282 e. The zero-order valence-corrected chi connectivity index (χ0v) is 16.5. The Morgan fingerprint density at radius 3 is 2.10 bits per heavy atom. The first kappa shape index (κ1) is 19.6. The Bertz CT molecular complexity index is 1150. The van der Waals surface area contributed by atoms with Crippen LogP contribution in [0.1, 0.15) is 5.56 Å². The molecule has 0 aliphatic carbocycles. The van der Waals surface area contributed by atoms with Gasteiger partial charge >= 0.3 is 0 Å². The van der Waals surface area contributed by atoms with Crippen LogP contribution in [-0.4, -0.2) is 21.9 Å². The number of carbonyl (C=O) groups excluding carboxylic acids is 2. The molecular weight excluding hydrogens is 400 g/mol. The van der Waals surface area contributed by atoms with E-state index < -0.39 is 21.9 Å². The fourth-order valence-electron chi connectivity index (χ4n) is 3.24. The fourth-order valence-corrected chi connectivity index (χ4v) is 4.31. The average Bonchev–Trinajstić information content (AvgIpc) is 2.77. The number of hydrogen-bond acceptors (Lipinski definition) is 5. The number of nitro benzene ring substituents is 1. The van der Waals surface area contributed by atoms with Gasteiger partial charge < -0.3 is 0 Å². The van der Waals surface area contributed by atoms with Crippen LogP contribution in [0.4, 0.5) is 11.4 Å². The summed E-state index contributed by atoms with van der Waals surface area (Å²) in [4.78, 5) is 39.0. The topological polar surface area (TPSA) is 80.5 Å². The number of para-hydroxylation sites is 2. The largest absolute Gasteiger partial charge is 0.293 e. The van der Waals surface area contributed by atoms with Crippen LogP contribution < -0.4 is 4.90 Å². The molecular formula is C23H16N2O4S. The number of thioether (sulfide) groups is 1. The zero-order valence-electron chi connectivity index (χ0n) is 15.7. The molecule has 0 N–H and O–H groups in total. The van der Waals surface area contributed by atoms with Crippen LogP contribution in [0, 0.1) is 10.1 Å². The normalized spacial score (nSPS) is 16.3. The molecule has 1 unspecified atom stereocenters. The van der Waals surface area contributed by atoms with E-state index in [0.717, 1.165) is 17.3 Å². The molecule has 3 aromatic rings. The Balaban J connectivity index is 1.79. The van der Waals surface area contributed by atoms with Gasteiger partial charge in [0.1, 0.15) is 0 Å². The minimum Gasteiger partial charge on any atom is -0.293 e. The molecule has 0 radical (unpaired) electrons.